The lowest BCUT2D eigenvalue weighted by molar-refractivity contribution is -0.142. The Morgan fingerprint density at radius 2 is 1.47 bits per heavy atom. The van der Waals surface area contributed by atoms with Crippen LogP contribution >= 0.6 is 0 Å². The Labute approximate surface area is 344 Å². The van der Waals surface area contributed by atoms with E-state index in [4.69, 9.17) is 14.5 Å². The fraction of sp³-hybridized carbons (Fsp3) is 0.409. The van der Waals surface area contributed by atoms with Crippen LogP contribution in [0.15, 0.2) is 79.3 Å². The molecule has 4 N–H and O–H groups in total. The Bertz CT molecular complexity index is 2330. The number of nitrogens with zero attached hydrogens (tertiary/aromatic N) is 4. The Morgan fingerprint density at radius 1 is 0.850 bits per heavy atom. The van der Waals surface area contributed by atoms with Crippen LogP contribution in [0.2, 0.25) is 0 Å². The molecule has 3 aromatic heterocycles. The van der Waals surface area contributed by atoms with E-state index in [1.165, 1.54) is 26.4 Å². The molecule has 3 amide bonds. The summed E-state index contributed by atoms with van der Waals surface area (Å²) >= 11 is 0. The van der Waals surface area contributed by atoms with Crippen LogP contribution in [0.1, 0.15) is 73.9 Å². The minimum absolute atomic E-state index is 0.0627. The van der Waals surface area contributed by atoms with Crippen molar-refractivity contribution >= 4 is 17.9 Å². The van der Waals surface area contributed by atoms with Crippen LogP contribution in [0.25, 0.3) is 33.6 Å². The van der Waals surface area contributed by atoms with Crippen LogP contribution in [0.3, 0.4) is 0 Å². The molecular weight excluding hydrogens is 778 g/mol. The van der Waals surface area contributed by atoms with Crippen molar-refractivity contribution in [2.24, 2.45) is 17.8 Å². The number of fused-ring (bicyclic) bond motifs is 2. The molecule has 1 aliphatic heterocycles. The van der Waals surface area contributed by atoms with E-state index < -0.39 is 30.1 Å². The molecule has 8 rings (SSSR count). The van der Waals surface area contributed by atoms with Gasteiger partial charge in [0.25, 0.3) is 0 Å². The van der Waals surface area contributed by atoms with Crippen molar-refractivity contribution in [2.75, 3.05) is 20.8 Å². The summed E-state index contributed by atoms with van der Waals surface area (Å²) < 4.78 is 50.7. The second-order valence-corrected chi connectivity index (χ2v) is 15.9. The van der Waals surface area contributed by atoms with Gasteiger partial charge in [-0.1, -0.05) is 54.6 Å². The standard InChI is InChI=1S/C44H47F3N8O5/c1-24(59-2)37(54-43(58)60-3)42(57)55-19-5-7-34(55)39-49-22-32(52-39)27-12-8-25(9-13-27)26-10-14-28(15-11-26)33-23-50-40(53-33)35-29-16-17-30(20-29)36(35)41(56)51-21-31-6-4-18-48-38(31)44(45,46)47/h4,6,8-15,18,22-24,29-30,34-37H,5,7,16-17,19-21H2,1-3H3,(H,49,52)(H,50,53)(H,51,56)(H,54,58)/t24-,29?,30?,34+,35-,36-,37+/m1/s1. The van der Waals surface area contributed by atoms with Crippen molar-refractivity contribution in [1.29, 1.82) is 0 Å². The monoisotopic (exact) mass is 824 g/mol. The van der Waals surface area contributed by atoms with Gasteiger partial charge in [-0.25, -0.2) is 14.8 Å². The third-order valence-electron chi connectivity index (χ3n) is 12.5. The molecule has 0 radical (unpaired) electrons. The largest absolute Gasteiger partial charge is 0.453 e. The van der Waals surface area contributed by atoms with Crippen LogP contribution in [-0.4, -0.2) is 80.6 Å². The zero-order chi connectivity index (χ0) is 42.1. The maximum Gasteiger partial charge on any atom is 0.433 e. The molecule has 16 heteroatoms. The summed E-state index contributed by atoms with van der Waals surface area (Å²) in [4.78, 5) is 60.7. The normalized spacial score (nSPS) is 22.1. The fourth-order valence-corrected chi connectivity index (χ4v) is 9.38. The number of carbonyl (C=O) groups excluding carboxylic acids is 3. The SMILES string of the molecule is COC(=O)N[C@H](C(=O)N1CCC[C@H]1c1ncc(-c2ccc(-c3ccc(-c4cnc([C@@H]5C6CCC(C6)[C@H]5C(=O)NCc5cccnc5C(F)(F)F)[nH]4)cc3)cc2)[nH]1)[C@@H](C)OC. The van der Waals surface area contributed by atoms with Gasteiger partial charge in [-0.2, -0.15) is 13.2 Å². The van der Waals surface area contributed by atoms with Crippen LogP contribution in [0.5, 0.6) is 0 Å². The molecule has 4 heterocycles. The van der Waals surface area contributed by atoms with E-state index in [0.717, 1.165) is 77.8 Å². The summed E-state index contributed by atoms with van der Waals surface area (Å²) in [5.41, 5.74) is 4.49. The number of aromatic nitrogens is 5. The van der Waals surface area contributed by atoms with Crippen molar-refractivity contribution in [1.82, 2.24) is 40.5 Å². The van der Waals surface area contributed by atoms with Crippen molar-refractivity contribution < 1.29 is 37.0 Å². The number of likely N-dealkylation sites (tertiary alicyclic amines) is 1. The average molecular weight is 825 g/mol. The highest BCUT2D eigenvalue weighted by atomic mass is 19.4. The molecule has 3 aliphatic rings. The highest BCUT2D eigenvalue weighted by Gasteiger charge is 2.52. The number of H-pyrrole nitrogens is 2. The zero-order valence-corrected chi connectivity index (χ0v) is 33.5. The number of aromatic amines is 2. The molecule has 5 aromatic rings. The van der Waals surface area contributed by atoms with Crippen molar-refractivity contribution in [3.63, 3.8) is 0 Å². The molecule has 60 heavy (non-hydrogen) atoms. The van der Waals surface area contributed by atoms with Gasteiger partial charge >= 0.3 is 12.3 Å². The topological polar surface area (TPSA) is 167 Å². The maximum absolute atomic E-state index is 13.6. The van der Waals surface area contributed by atoms with E-state index in [1.807, 2.05) is 48.5 Å². The molecular formula is C44H47F3N8O5. The van der Waals surface area contributed by atoms with Crippen molar-refractivity contribution in [3.05, 3.63) is 102 Å². The van der Waals surface area contributed by atoms with E-state index in [-0.39, 0.29) is 53.6 Å². The minimum atomic E-state index is -4.61. The molecule has 1 saturated heterocycles. The summed E-state index contributed by atoms with van der Waals surface area (Å²) in [6, 6.07) is 17.8. The summed E-state index contributed by atoms with van der Waals surface area (Å²) in [6.45, 7) is 2.00. The zero-order valence-electron chi connectivity index (χ0n) is 33.5. The Kier molecular flexibility index (Phi) is 11.5. The van der Waals surface area contributed by atoms with Gasteiger partial charge in [-0.05, 0) is 79.2 Å². The highest BCUT2D eigenvalue weighted by Crippen LogP contribution is 2.56. The first kappa shape index (κ1) is 40.7. The lowest BCUT2D eigenvalue weighted by Crippen LogP contribution is -2.54. The lowest BCUT2D eigenvalue weighted by Gasteiger charge is -2.30. The number of pyridine rings is 1. The van der Waals surface area contributed by atoms with Crippen LogP contribution < -0.4 is 10.6 Å². The Balaban J connectivity index is 0.917. The number of hydrogen-bond donors (Lipinski definition) is 4. The quantitative estimate of drug-likeness (QED) is 0.101. The number of halogens is 3. The highest BCUT2D eigenvalue weighted by molar-refractivity contribution is 5.87. The molecule has 2 saturated carbocycles. The van der Waals surface area contributed by atoms with Gasteiger partial charge in [0.15, 0.2) is 0 Å². The van der Waals surface area contributed by atoms with E-state index in [2.05, 4.69) is 30.6 Å². The number of imidazole rings is 2. The molecule has 2 aliphatic carbocycles. The Hall–Kier alpha value is -6.03. The van der Waals surface area contributed by atoms with Gasteiger partial charge in [-0.3, -0.25) is 14.6 Å². The molecule has 7 atom stereocenters. The summed E-state index contributed by atoms with van der Waals surface area (Å²) in [7, 11) is 2.74. The summed E-state index contributed by atoms with van der Waals surface area (Å²) in [5, 5.41) is 5.40. The smallest absolute Gasteiger partial charge is 0.433 e. The van der Waals surface area contributed by atoms with Gasteiger partial charge in [0, 0.05) is 37.9 Å². The van der Waals surface area contributed by atoms with E-state index in [0.29, 0.717) is 12.4 Å². The van der Waals surface area contributed by atoms with Crippen LogP contribution in [0.4, 0.5) is 18.0 Å². The van der Waals surface area contributed by atoms with Crippen molar-refractivity contribution in [2.45, 2.75) is 75.9 Å². The first-order valence-corrected chi connectivity index (χ1v) is 20.2. The molecule has 0 spiro atoms. The maximum atomic E-state index is 13.6. The number of hydrogen-bond acceptors (Lipinski definition) is 8. The predicted octanol–water partition coefficient (Wildman–Crippen LogP) is 7.42. The first-order valence-electron chi connectivity index (χ1n) is 20.2. The second-order valence-electron chi connectivity index (χ2n) is 15.9. The first-order chi connectivity index (χ1) is 28.9. The number of nitrogens with one attached hydrogen (secondary N) is 4. The van der Waals surface area contributed by atoms with Gasteiger partial charge in [0.2, 0.25) is 11.8 Å². The fourth-order valence-electron chi connectivity index (χ4n) is 9.38. The Morgan fingerprint density at radius 3 is 2.10 bits per heavy atom. The number of ether oxygens (including phenoxy) is 2. The number of alkyl carbamates (subject to hydrolysis) is 1. The number of carbonyl (C=O) groups is 3. The third-order valence-corrected chi connectivity index (χ3v) is 12.5. The molecule has 2 unspecified atom stereocenters. The summed E-state index contributed by atoms with van der Waals surface area (Å²) in [6.07, 6.45) is 3.07. The number of alkyl halides is 3. The number of amides is 3. The molecule has 13 nitrogen and oxygen atoms in total. The summed E-state index contributed by atoms with van der Waals surface area (Å²) in [5.74, 6) is 0.773. The van der Waals surface area contributed by atoms with Gasteiger partial charge < -0.3 is 35.0 Å². The van der Waals surface area contributed by atoms with E-state index in [9.17, 15) is 27.6 Å². The number of methoxy groups -OCH3 is 2. The average Bonchev–Trinajstić information content (AvgIpc) is 4.13. The van der Waals surface area contributed by atoms with Gasteiger partial charge in [0.1, 0.15) is 23.4 Å². The number of benzene rings is 2. The third kappa shape index (κ3) is 8.12. The lowest BCUT2D eigenvalue weighted by atomic mass is 9.78. The molecule has 2 aromatic carbocycles. The van der Waals surface area contributed by atoms with E-state index in [1.54, 1.807) is 24.2 Å². The number of rotatable bonds is 12. The van der Waals surface area contributed by atoms with E-state index >= 15 is 0 Å². The van der Waals surface area contributed by atoms with Gasteiger partial charge in [0.05, 0.1) is 49.0 Å². The van der Waals surface area contributed by atoms with Gasteiger partial charge in [-0.15, -0.1) is 0 Å². The predicted molar refractivity (Wildman–Crippen MR) is 215 cm³/mol. The van der Waals surface area contributed by atoms with Crippen molar-refractivity contribution in [3.8, 4) is 33.6 Å². The minimum Gasteiger partial charge on any atom is -0.453 e. The molecule has 3 fully saturated rings. The second kappa shape index (κ2) is 16.9. The molecule has 2 bridgehead atoms. The van der Waals surface area contributed by atoms with Crippen LogP contribution in [0, 0.1) is 17.8 Å². The molecule has 314 valence electrons. The van der Waals surface area contributed by atoms with Crippen LogP contribution in [-0.2, 0) is 31.8 Å².